The minimum absolute atomic E-state index is 0.105. The molecule has 0 radical (unpaired) electrons. The van der Waals surface area contributed by atoms with Gasteiger partial charge in [-0.3, -0.25) is 9.88 Å². The molecule has 1 aromatic carbocycles. The van der Waals surface area contributed by atoms with Crippen LogP contribution >= 0.6 is 0 Å². The summed E-state index contributed by atoms with van der Waals surface area (Å²) in [6.07, 6.45) is 8.80. The lowest BCUT2D eigenvalue weighted by molar-refractivity contribution is -0.0153. The Hall–Kier alpha value is -2.57. The predicted molar refractivity (Wildman–Crippen MR) is 122 cm³/mol. The zero-order valence-corrected chi connectivity index (χ0v) is 18.9. The second-order valence-electron chi connectivity index (χ2n) is 9.30. The van der Waals surface area contributed by atoms with Gasteiger partial charge in [-0.15, -0.1) is 0 Å². The monoisotopic (exact) mass is 432 g/mol. The Morgan fingerprint density at radius 1 is 1.09 bits per heavy atom. The number of aryl methyl sites for hydroxylation is 1. The Balaban J connectivity index is 1.24. The van der Waals surface area contributed by atoms with Crippen molar-refractivity contribution in [1.82, 2.24) is 20.0 Å². The van der Waals surface area contributed by atoms with Crippen molar-refractivity contribution in [1.29, 1.82) is 0 Å². The average molecular weight is 433 g/mol. The maximum Gasteiger partial charge on any atom is 0.240 e. The SMILES string of the molecule is Cc1ccc(C2(c3noc(CN4CCC[C@@H](OCc5ccccn5)C4)n3)CCCC2)cc1. The topological polar surface area (TPSA) is 64.3 Å². The highest BCUT2D eigenvalue weighted by molar-refractivity contribution is 5.35. The maximum absolute atomic E-state index is 6.14. The molecule has 32 heavy (non-hydrogen) atoms. The van der Waals surface area contributed by atoms with Crippen LogP contribution in [0.5, 0.6) is 0 Å². The van der Waals surface area contributed by atoms with Gasteiger partial charge in [-0.25, -0.2) is 0 Å². The molecule has 1 saturated carbocycles. The number of likely N-dealkylation sites (tertiary alicyclic amines) is 1. The van der Waals surface area contributed by atoms with Crippen LogP contribution in [0.15, 0.2) is 53.2 Å². The van der Waals surface area contributed by atoms with Crippen LogP contribution in [0.25, 0.3) is 0 Å². The van der Waals surface area contributed by atoms with E-state index in [0.29, 0.717) is 19.0 Å². The molecule has 1 aliphatic carbocycles. The Bertz CT molecular complexity index is 996. The molecule has 2 aliphatic rings. The normalized spacial score (nSPS) is 21.1. The van der Waals surface area contributed by atoms with Gasteiger partial charge in [-0.05, 0) is 56.8 Å². The molecule has 0 amide bonds. The van der Waals surface area contributed by atoms with Crippen LogP contribution in [0.2, 0.25) is 0 Å². The molecule has 0 spiro atoms. The van der Waals surface area contributed by atoms with Gasteiger partial charge < -0.3 is 9.26 Å². The summed E-state index contributed by atoms with van der Waals surface area (Å²) in [5.41, 5.74) is 3.46. The number of rotatable bonds is 7. The molecular weight excluding hydrogens is 400 g/mol. The van der Waals surface area contributed by atoms with E-state index in [2.05, 4.69) is 46.2 Å². The molecular formula is C26H32N4O2. The third kappa shape index (κ3) is 4.62. The van der Waals surface area contributed by atoms with Gasteiger partial charge in [0.2, 0.25) is 5.89 Å². The zero-order chi connectivity index (χ0) is 21.8. The van der Waals surface area contributed by atoms with E-state index >= 15 is 0 Å². The van der Waals surface area contributed by atoms with Gasteiger partial charge in [0, 0.05) is 12.7 Å². The molecule has 168 valence electrons. The lowest BCUT2D eigenvalue weighted by atomic mass is 9.78. The number of piperidine rings is 1. The van der Waals surface area contributed by atoms with Gasteiger partial charge in [-0.2, -0.15) is 4.98 Å². The molecule has 6 nitrogen and oxygen atoms in total. The number of nitrogens with zero attached hydrogens (tertiary/aromatic N) is 4. The molecule has 0 N–H and O–H groups in total. The summed E-state index contributed by atoms with van der Waals surface area (Å²) in [7, 11) is 0. The lowest BCUT2D eigenvalue weighted by Crippen LogP contribution is -2.39. The van der Waals surface area contributed by atoms with Gasteiger partial charge in [0.1, 0.15) is 0 Å². The highest BCUT2D eigenvalue weighted by atomic mass is 16.5. The van der Waals surface area contributed by atoms with Gasteiger partial charge in [0.15, 0.2) is 5.82 Å². The molecule has 0 bridgehead atoms. The molecule has 2 fully saturated rings. The van der Waals surface area contributed by atoms with Crippen molar-refractivity contribution in [3.63, 3.8) is 0 Å². The number of pyridine rings is 1. The molecule has 1 atom stereocenters. The van der Waals surface area contributed by atoms with Gasteiger partial charge in [0.25, 0.3) is 0 Å². The van der Waals surface area contributed by atoms with E-state index in [9.17, 15) is 0 Å². The van der Waals surface area contributed by atoms with Crippen LogP contribution in [0.3, 0.4) is 0 Å². The standard InChI is InChI=1S/C26H32N4O2/c1-20-9-11-21(12-10-20)26(13-3-4-14-26)25-28-24(32-29-25)18-30-16-6-8-23(17-30)31-19-22-7-2-5-15-27-22/h2,5,7,9-12,15,23H,3-4,6,8,13-14,16-19H2,1H3/t23-/m1/s1. The van der Waals surface area contributed by atoms with Crippen LogP contribution in [-0.2, 0) is 23.3 Å². The first-order valence-electron chi connectivity index (χ1n) is 11.9. The summed E-state index contributed by atoms with van der Waals surface area (Å²) >= 11 is 0. The minimum Gasteiger partial charge on any atom is -0.371 e. The molecule has 3 aromatic rings. The van der Waals surface area contributed by atoms with Crippen molar-refractivity contribution in [2.24, 2.45) is 0 Å². The van der Waals surface area contributed by atoms with Crippen molar-refractivity contribution in [2.45, 2.75) is 70.1 Å². The third-order valence-electron chi connectivity index (χ3n) is 6.97. The van der Waals surface area contributed by atoms with E-state index in [1.54, 1.807) is 0 Å². The summed E-state index contributed by atoms with van der Waals surface area (Å²) in [6.45, 7) is 5.28. The number of benzene rings is 1. The van der Waals surface area contributed by atoms with Crippen molar-refractivity contribution in [3.8, 4) is 0 Å². The number of ether oxygens (including phenoxy) is 1. The second-order valence-corrected chi connectivity index (χ2v) is 9.30. The predicted octanol–water partition coefficient (Wildman–Crippen LogP) is 4.81. The second kappa shape index (κ2) is 9.51. The molecule has 0 unspecified atom stereocenters. The molecule has 2 aromatic heterocycles. The summed E-state index contributed by atoms with van der Waals surface area (Å²) in [6, 6.07) is 14.8. The van der Waals surface area contributed by atoms with Crippen LogP contribution in [0, 0.1) is 6.92 Å². The van der Waals surface area contributed by atoms with Crippen LogP contribution < -0.4 is 0 Å². The van der Waals surface area contributed by atoms with E-state index in [4.69, 9.17) is 14.2 Å². The Kier molecular flexibility index (Phi) is 6.32. The summed E-state index contributed by atoms with van der Waals surface area (Å²) in [4.78, 5) is 11.6. The van der Waals surface area contributed by atoms with Crippen LogP contribution in [0.4, 0.5) is 0 Å². The van der Waals surface area contributed by atoms with Crippen molar-refractivity contribution < 1.29 is 9.26 Å². The van der Waals surface area contributed by atoms with Crippen LogP contribution in [-0.4, -0.2) is 39.2 Å². The van der Waals surface area contributed by atoms with Crippen molar-refractivity contribution in [3.05, 3.63) is 77.2 Å². The molecule has 1 saturated heterocycles. The Morgan fingerprint density at radius 3 is 2.72 bits per heavy atom. The molecule has 1 aliphatic heterocycles. The lowest BCUT2D eigenvalue weighted by Gasteiger charge is -2.31. The summed E-state index contributed by atoms with van der Waals surface area (Å²) in [5, 5.41) is 4.48. The van der Waals surface area contributed by atoms with E-state index in [0.717, 1.165) is 50.3 Å². The summed E-state index contributed by atoms with van der Waals surface area (Å²) < 4.78 is 11.9. The first kappa shape index (κ1) is 21.3. The Labute approximate surface area is 190 Å². The van der Waals surface area contributed by atoms with Crippen molar-refractivity contribution in [2.75, 3.05) is 13.1 Å². The molecule has 5 rings (SSSR count). The van der Waals surface area contributed by atoms with Crippen LogP contribution in [0.1, 0.15) is 67.1 Å². The van der Waals surface area contributed by atoms with Crippen molar-refractivity contribution >= 4 is 0 Å². The zero-order valence-electron chi connectivity index (χ0n) is 18.9. The third-order valence-corrected chi connectivity index (χ3v) is 6.97. The molecule has 6 heteroatoms. The number of hydrogen-bond donors (Lipinski definition) is 0. The Morgan fingerprint density at radius 2 is 1.94 bits per heavy atom. The smallest absolute Gasteiger partial charge is 0.240 e. The number of hydrogen-bond acceptors (Lipinski definition) is 6. The highest BCUT2D eigenvalue weighted by Crippen LogP contribution is 2.45. The van der Waals surface area contributed by atoms with Gasteiger partial charge in [-0.1, -0.05) is 53.9 Å². The maximum atomic E-state index is 6.14. The largest absolute Gasteiger partial charge is 0.371 e. The molecule has 3 heterocycles. The van der Waals surface area contributed by atoms with Gasteiger partial charge in [0.05, 0.1) is 30.4 Å². The van der Waals surface area contributed by atoms with E-state index in [1.165, 1.54) is 24.0 Å². The van der Waals surface area contributed by atoms with E-state index in [-0.39, 0.29) is 11.5 Å². The minimum atomic E-state index is -0.105. The fourth-order valence-corrected chi connectivity index (χ4v) is 5.18. The highest BCUT2D eigenvalue weighted by Gasteiger charge is 2.41. The average Bonchev–Trinajstić information content (AvgIpc) is 3.50. The number of aromatic nitrogens is 3. The van der Waals surface area contributed by atoms with Gasteiger partial charge >= 0.3 is 0 Å². The first-order valence-corrected chi connectivity index (χ1v) is 11.9. The summed E-state index contributed by atoms with van der Waals surface area (Å²) in [5.74, 6) is 1.57. The quantitative estimate of drug-likeness (QED) is 0.534. The first-order chi connectivity index (χ1) is 15.7. The van der Waals surface area contributed by atoms with E-state index in [1.807, 2.05) is 24.4 Å². The fourth-order valence-electron chi connectivity index (χ4n) is 5.18. The van der Waals surface area contributed by atoms with E-state index < -0.39 is 0 Å². The fraction of sp³-hybridized carbons (Fsp3) is 0.500.